The molecule has 0 spiro atoms. The van der Waals surface area contributed by atoms with Gasteiger partial charge in [0.2, 0.25) is 11.8 Å². The molecule has 0 aliphatic heterocycles. The molecule has 18 heavy (non-hydrogen) atoms. The molecule has 1 saturated carbocycles. The standard InChI is InChI=1S/C11H14N6O/c12-10-7(4-14-11(13)15-10)8-3-9(17-16-8)18-5-6-1-2-6/h3-4,6H,1-2,5H2,(H,16,17)(H4,12,13,14,15). The highest BCUT2D eigenvalue weighted by molar-refractivity contribution is 5.71. The molecule has 1 aliphatic rings. The van der Waals surface area contributed by atoms with Gasteiger partial charge >= 0.3 is 0 Å². The summed E-state index contributed by atoms with van der Waals surface area (Å²) < 4.78 is 5.57. The van der Waals surface area contributed by atoms with Crippen molar-refractivity contribution in [2.45, 2.75) is 12.8 Å². The van der Waals surface area contributed by atoms with Gasteiger partial charge in [-0.1, -0.05) is 0 Å². The molecule has 3 rings (SSSR count). The zero-order valence-corrected chi connectivity index (χ0v) is 9.76. The van der Waals surface area contributed by atoms with E-state index < -0.39 is 0 Å². The first-order chi connectivity index (χ1) is 8.72. The number of aromatic amines is 1. The topological polar surface area (TPSA) is 116 Å². The molecule has 1 aliphatic carbocycles. The molecule has 7 heteroatoms. The van der Waals surface area contributed by atoms with Crippen LogP contribution in [0.15, 0.2) is 12.3 Å². The second-order valence-electron chi connectivity index (χ2n) is 4.40. The van der Waals surface area contributed by atoms with Crippen molar-refractivity contribution < 1.29 is 4.74 Å². The van der Waals surface area contributed by atoms with Crippen molar-refractivity contribution in [3.05, 3.63) is 12.3 Å². The summed E-state index contributed by atoms with van der Waals surface area (Å²) >= 11 is 0. The fourth-order valence-corrected chi connectivity index (χ4v) is 1.61. The number of rotatable bonds is 4. The predicted octanol–water partition coefficient (Wildman–Crippen LogP) is 0.820. The number of nitrogens with zero attached hydrogens (tertiary/aromatic N) is 3. The lowest BCUT2D eigenvalue weighted by atomic mass is 10.2. The van der Waals surface area contributed by atoms with Gasteiger partial charge < -0.3 is 16.2 Å². The van der Waals surface area contributed by atoms with E-state index in [0.29, 0.717) is 28.9 Å². The normalized spacial score (nSPS) is 14.7. The van der Waals surface area contributed by atoms with Crippen molar-refractivity contribution in [1.82, 2.24) is 20.2 Å². The van der Waals surface area contributed by atoms with Crippen molar-refractivity contribution in [1.29, 1.82) is 0 Å². The van der Waals surface area contributed by atoms with E-state index in [1.165, 1.54) is 12.8 Å². The highest BCUT2D eigenvalue weighted by atomic mass is 16.5. The molecule has 0 amide bonds. The lowest BCUT2D eigenvalue weighted by molar-refractivity contribution is 0.288. The van der Waals surface area contributed by atoms with E-state index in [9.17, 15) is 0 Å². The number of nitrogens with two attached hydrogens (primary N) is 2. The number of nitrogens with one attached hydrogen (secondary N) is 1. The van der Waals surface area contributed by atoms with Crippen molar-refractivity contribution in [2.24, 2.45) is 5.92 Å². The summed E-state index contributed by atoms with van der Waals surface area (Å²) in [7, 11) is 0. The minimum atomic E-state index is 0.150. The van der Waals surface area contributed by atoms with Gasteiger partial charge in [-0.25, -0.2) is 10.1 Å². The summed E-state index contributed by atoms with van der Waals surface area (Å²) in [6, 6.07) is 1.79. The van der Waals surface area contributed by atoms with Gasteiger partial charge in [-0.05, 0) is 18.8 Å². The summed E-state index contributed by atoms with van der Waals surface area (Å²) in [6.07, 6.45) is 4.05. The van der Waals surface area contributed by atoms with Crippen LogP contribution in [0.2, 0.25) is 0 Å². The first-order valence-corrected chi connectivity index (χ1v) is 5.79. The van der Waals surface area contributed by atoms with Crippen LogP contribution in [0.3, 0.4) is 0 Å². The van der Waals surface area contributed by atoms with Crippen LogP contribution in [0.5, 0.6) is 5.88 Å². The van der Waals surface area contributed by atoms with E-state index in [4.69, 9.17) is 16.2 Å². The van der Waals surface area contributed by atoms with E-state index in [1.54, 1.807) is 12.3 Å². The fraction of sp³-hybridized carbons (Fsp3) is 0.364. The van der Waals surface area contributed by atoms with Crippen LogP contribution in [0.1, 0.15) is 12.8 Å². The average molecular weight is 246 g/mol. The van der Waals surface area contributed by atoms with E-state index >= 15 is 0 Å². The van der Waals surface area contributed by atoms with Crippen LogP contribution in [-0.2, 0) is 0 Å². The largest absolute Gasteiger partial charge is 0.478 e. The second-order valence-corrected chi connectivity index (χ2v) is 4.40. The van der Waals surface area contributed by atoms with Gasteiger partial charge in [0.15, 0.2) is 0 Å². The minimum absolute atomic E-state index is 0.150. The van der Waals surface area contributed by atoms with Crippen LogP contribution in [0.4, 0.5) is 11.8 Å². The third-order valence-electron chi connectivity index (χ3n) is 2.84. The second kappa shape index (κ2) is 4.17. The molecule has 94 valence electrons. The van der Waals surface area contributed by atoms with Gasteiger partial charge in [0, 0.05) is 12.3 Å². The Hall–Kier alpha value is -2.31. The van der Waals surface area contributed by atoms with Gasteiger partial charge in [0.05, 0.1) is 12.2 Å². The molecular formula is C11H14N6O. The molecule has 2 heterocycles. The Morgan fingerprint density at radius 3 is 2.94 bits per heavy atom. The Kier molecular flexibility index (Phi) is 2.51. The lowest BCUT2D eigenvalue weighted by Crippen LogP contribution is -2.01. The molecule has 2 aromatic rings. The maximum Gasteiger partial charge on any atom is 0.221 e. The third kappa shape index (κ3) is 2.20. The van der Waals surface area contributed by atoms with Crippen LogP contribution < -0.4 is 16.2 Å². The number of aromatic nitrogens is 4. The molecule has 0 unspecified atom stereocenters. The van der Waals surface area contributed by atoms with Crippen LogP contribution >= 0.6 is 0 Å². The van der Waals surface area contributed by atoms with Crippen LogP contribution in [-0.4, -0.2) is 26.8 Å². The monoisotopic (exact) mass is 246 g/mol. The molecule has 0 radical (unpaired) electrons. The van der Waals surface area contributed by atoms with Gasteiger partial charge in [-0.3, -0.25) is 0 Å². The number of hydrogen-bond acceptors (Lipinski definition) is 6. The Morgan fingerprint density at radius 2 is 2.22 bits per heavy atom. The quantitative estimate of drug-likeness (QED) is 0.735. The van der Waals surface area contributed by atoms with Crippen LogP contribution in [0, 0.1) is 5.92 Å². The van der Waals surface area contributed by atoms with Crippen molar-refractivity contribution in [3.63, 3.8) is 0 Å². The summed E-state index contributed by atoms with van der Waals surface area (Å²) in [4.78, 5) is 7.79. The highest BCUT2D eigenvalue weighted by Gasteiger charge is 2.22. The molecule has 7 nitrogen and oxygen atoms in total. The Balaban J connectivity index is 1.78. The average Bonchev–Trinajstić information content (AvgIpc) is 3.05. The Morgan fingerprint density at radius 1 is 1.39 bits per heavy atom. The van der Waals surface area contributed by atoms with Crippen LogP contribution in [0.25, 0.3) is 11.3 Å². The number of anilines is 2. The minimum Gasteiger partial charge on any atom is -0.478 e. The number of ether oxygens (including phenoxy) is 1. The van der Waals surface area contributed by atoms with E-state index in [1.807, 2.05) is 0 Å². The molecule has 1 fully saturated rings. The fourth-order valence-electron chi connectivity index (χ4n) is 1.61. The first-order valence-electron chi connectivity index (χ1n) is 5.79. The lowest BCUT2D eigenvalue weighted by Gasteiger charge is -2.01. The number of nitrogen functional groups attached to an aromatic ring is 2. The van der Waals surface area contributed by atoms with Gasteiger partial charge in [-0.15, -0.1) is 0 Å². The van der Waals surface area contributed by atoms with E-state index in [-0.39, 0.29) is 5.95 Å². The van der Waals surface area contributed by atoms with Crippen molar-refractivity contribution >= 4 is 11.8 Å². The highest BCUT2D eigenvalue weighted by Crippen LogP contribution is 2.30. The summed E-state index contributed by atoms with van der Waals surface area (Å²) in [6.45, 7) is 0.732. The predicted molar refractivity (Wildman–Crippen MR) is 66.7 cm³/mol. The third-order valence-corrected chi connectivity index (χ3v) is 2.84. The maximum absolute atomic E-state index is 5.77. The molecule has 0 atom stereocenters. The molecule has 5 N–H and O–H groups in total. The molecular weight excluding hydrogens is 232 g/mol. The number of hydrogen-bond donors (Lipinski definition) is 3. The summed E-state index contributed by atoms with van der Waals surface area (Å²) in [5.74, 6) is 1.79. The SMILES string of the molecule is Nc1ncc(-c2cc(OCC3CC3)[nH]n2)c(N)n1. The van der Waals surface area contributed by atoms with Gasteiger partial charge in [0.25, 0.3) is 0 Å². The Labute approximate surface area is 104 Å². The van der Waals surface area contributed by atoms with Gasteiger partial charge in [0.1, 0.15) is 11.5 Å². The van der Waals surface area contributed by atoms with E-state index in [0.717, 1.165) is 6.61 Å². The molecule has 0 saturated heterocycles. The zero-order valence-electron chi connectivity index (χ0n) is 9.76. The summed E-state index contributed by atoms with van der Waals surface area (Å²) in [5.41, 5.74) is 12.5. The van der Waals surface area contributed by atoms with Gasteiger partial charge in [-0.2, -0.15) is 10.1 Å². The van der Waals surface area contributed by atoms with E-state index in [2.05, 4.69) is 20.2 Å². The van der Waals surface area contributed by atoms with Crippen molar-refractivity contribution in [3.8, 4) is 17.1 Å². The molecule has 2 aromatic heterocycles. The van der Waals surface area contributed by atoms with Crippen molar-refractivity contribution in [2.75, 3.05) is 18.1 Å². The zero-order chi connectivity index (χ0) is 12.5. The Bertz CT molecular complexity index is 562. The maximum atomic E-state index is 5.77. The number of H-pyrrole nitrogens is 1. The first kappa shape index (κ1) is 10.8. The molecule has 0 aromatic carbocycles. The smallest absolute Gasteiger partial charge is 0.221 e. The summed E-state index contributed by atoms with van der Waals surface area (Å²) in [5, 5.41) is 6.94. The molecule has 0 bridgehead atoms.